The van der Waals surface area contributed by atoms with Gasteiger partial charge in [0.1, 0.15) is 5.75 Å². The van der Waals surface area contributed by atoms with Crippen molar-refractivity contribution in [2.75, 3.05) is 31.1 Å². The summed E-state index contributed by atoms with van der Waals surface area (Å²) in [5.41, 5.74) is 2.43. The molecule has 126 valence electrons. The van der Waals surface area contributed by atoms with Crippen LogP contribution in [-0.4, -0.2) is 51.9 Å². The predicted molar refractivity (Wildman–Crippen MR) is 92.4 cm³/mol. The zero-order valence-electron chi connectivity index (χ0n) is 14.1. The maximum absolute atomic E-state index is 11.5. The number of Topliss-reactive ketones (excluding diaryl/α,β-unsaturated/α-hetero) is 1. The first-order valence-corrected chi connectivity index (χ1v) is 8.13. The van der Waals surface area contributed by atoms with E-state index < -0.39 is 0 Å². The van der Waals surface area contributed by atoms with Gasteiger partial charge in [-0.05, 0) is 31.5 Å². The quantitative estimate of drug-likeness (QED) is 0.867. The van der Waals surface area contributed by atoms with Crippen LogP contribution < -0.4 is 4.90 Å². The molecule has 2 heterocycles. The number of aryl methyl sites for hydroxylation is 1. The van der Waals surface area contributed by atoms with Crippen molar-refractivity contribution in [3.05, 3.63) is 47.3 Å². The van der Waals surface area contributed by atoms with Gasteiger partial charge in [0.05, 0.1) is 11.3 Å². The van der Waals surface area contributed by atoms with E-state index in [9.17, 15) is 9.90 Å². The summed E-state index contributed by atoms with van der Waals surface area (Å²) in [4.78, 5) is 24.8. The van der Waals surface area contributed by atoms with Gasteiger partial charge in [-0.25, -0.2) is 9.97 Å². The summed E-state index contributed by atoms with van der Waals surface area (Å²) < 4.78 is 0. The largest absolute Gasteiger partial charge is 0.508 e. The first kappa shape index (κ1) is 16.4. The Morgan fingerprint density at radius 1 is 1.25 bits per heavy atom. The Hall–Kier alpha value is -2.47. The van der Waals surface area contributed by atoms with Crippen molar-refractivity contribution in [2.24, 2.45) is 0 Å². The highest BCUT2D eigenvalue weighted by atomic mass is 16.3. The van der Waals surface area contributed by atoms with Gasteiger partial charge in [0.2, 0.25) is 5.95 Å². The number of piperazine rings is 1. The van der Waals surface area contributed by atoms with E-state index in [1.165, 1.54) is 6.92 Å². The number of anilines is 1. The van der Waals surface area contributed by atoms with Gasteiger partial charge in [-0.1, -0.05) is 12.1 Å². The zero-order chi connectivity index (χ0) is 17.1. The van der Waals surface area contributed by atoms with E-state index in [1.807, 2.05) is 19.1 Å². The average Bonchev–Trinajstić information content (AvgIpc) is 2.55. The summed E-state index contributed by atoms with van der Waals surface area (Å²) in [5.74, 6) is 0.991. The third-order valence-electron chi connectivity index (χ3n) is 4.32. The minimum atomic E-state index is -0.00465. The number of ketones is 1. The molecule has 6 nitrogen and oxygen atoms in total. The second-order valence-electron chi connectivity index (χ2n) is 6.16. The fraction of sp³-hybridized carbons (Fsp3) is 0.389. The lowest BCUT2D eigenvalue weighted by molar-refractivity contribution is 0.101. The van der Waals surface area contributed by atoms with Crippen molar-refractivity contribution in [3.63, 3.8) is 0 Å². The highest BCUT2D eigenvalue weighted by Gasteiger charge is 2.20. The van der Waals surface area contributed by atoms with Gasteiger partial charge in [-0.3, -0.25) is 9.69 Å². The number of carbonyl (C=O) groups is 1. The number of aromatic hydroxyl groups is 1. The van der Waals surface area contributed by atoms with Crippen LogP contribution in [0.2, 0.25) is 0 Å². The summed E-state index contributed by atoms with van der Waals surface area (Å²) in [5, 5.41) is 9.55. The first-order chi connectivity index (χ1) is 11.5. The van der Waals surface area contributed by atoms with E-state index in [0.717, 1.165) is 44.0 Å². The topological polar surface area (TPSA) is 69.6 Å². The minimum Gasteiger partial charge on any atom is -0.508 e. The van der Waals surface area contributed by atoms with Gasteiger partial charge >= 0.3 is 0 Å². The first-order valence-electron chi connectivity index (χ1n) is 8.13. The molecule has 1 N–H and O–H groups in total. The second-order valence-corrected chi connectivity index (χ2v) is 6.16. The van der Waals surface area contributed by atoms with Crippen LogP contribution in [0.5, 0.6) is 5.75 Å². The Morgan fingerprint density at radius 3 is 2.62 bits per heavy atom. The SMILES string of the molecule is CC(=O)c1cnc(N2CCN(Cc3cccc(O)c3)CC2)nc1C. The van der Waals surface area contributed by atoms with Crippen LogP contribution >= 0.6 is 0 Å². The lowest BCUT2D eigenvalue weighted by Crippen LogP contribution is -2.46. The van der Waals surface area contributed by atoms with Gasteiger partial charge in [0.25, 0.3) is 0 Å². The molecule has 1 fully saturated rings. The van der Waals surface area contributed by atoms with E-state index in [-0.39, 0.29) is 5.78 Å². The normalized spacial score (nSPS) is 15.5. The molecule has 0 unspecified atom stereocenters. The summed E-state index contributed by atoms with van der Waals surface area (Å²) in [6, 6.07) is 7.39. The highest BCUT2D eigenvalue weighted by molar-refractivity contribution is 5.94. The Kier molecular flexibility index (Phi) is 4.76. The van der Waals surface area contributed by atoms with Crippen molar-refractivity contribution in [1.82, 2.24) is 14.9 Å². The molecule has 0 spiro atoms. The number of rotatable bonds is 4. The molecule has 0 aliphatic carbocycles. The van der Waals surface area contributed by atoms with E-state index in [4.69, 9.17) is 0 Å². The van der Waals surface area contributed by atoms with Gasteiger partial charge in [0.15, 0.2) is 5.78 Å². The lowest BCUT2D eigenvalue weighted by Gasteiger charge is -2.34. The smallest absolute Gasteiger partial charge is 0.225 e. The molecule has 0 radical (unpaired) electrons. The number of aromatic nitrogens is 2. The fourth-order valence-corrected chi connectivity index (χ4v) is 2.97. The Balaban J connectivity index is 1.61. The number of hydrogen-bond donors (Lipinski definition) is 1. The average molecular weight is 326 g/mol. The van der Waals surface area contributed by atoms with Crippen molar-refractivity contribution >= 4 is 11.7 Å². The molecular formula is C18H22N4O2. The molecule has 0 amide bonds. The van der Waals surface area contributed by atoms with Crippen LogP contribution in [0.1, 0.15) is 28.5 Å². The van der Waals surface area contributed by atoms with Gasteiger partial charge < -0.3 is 10.0 Å². The van der Waals surface area contributed by atoms with Crippen LogP contribution in [0, 0.1) is 6.92 Å². The molecule has 1 saturated heterocycles. The highest BCUT2D eigenvalue weighted by Crippen LogP contribution is 2.17. The molecule has 1 aromatic heterocycles. The number of phenolic OH excluding ortho intramolecular Hbond substituents is 1. The lowest BCUT2D eigenvalue weighted by atomic mass is 10.2. The number of nitrogens with zero attached hydrogens (tertiary/aromatic N) is 4. The molecule has 2 aromatic rings. The number of carbonyl (C=O) groups excluding carboxylic acids is 1. The summed E-state index contributed by atoms with van der Waals surface area (Å²) in [6.45, 7) is 7.71. The summed E-state index contributed by atoms with van der Waals surface area (Å²) in [7, 11) is 0. The van der Waals surface area contributed by atoms with Gasteiger partial charge in [-0.15, -0.1) is 0 Å². The Bertz CT molecular complexity index is 740. The fourth-order valence-electron chi connectivity index (χ4n) is 2.97. The number of phenols is 1. The molecule has 0 bridgehead atoms. The van der Waals surface area contributed by atoms with Crippen LogP contribution in [-0.2, 0) is 6.54 Å². The van der Waals surface area contributed by atoms with E-state index >= 15 is 0 Å². The van der Waals surface area contributed by atoms with Gasteiger partial charge in [0, 0.05) is 38.9 Å². The van der Waals surface area contributed by atoms with Crippen molar-refractivity contribution < 1.29 is 9.90 Å². The van der Waals surface area contributed by atoms with Crippen molar-refractivity contribution in [3.8, 4) is 5.75 Å². The molecule has 6 heteroatoms. The van der Waals surface area contributed by atoms with Crippen LogP contribution in [0.3, 0.4) is 0 Å². The molecule has 0 atom stereocenters. The maximum Gasteiger partial charge on any atom is 0.225 e. The van der Waals surface area contributed by atoms with E-state index in [2.05, 4.69) is 19.8 Å². The van der Waals surface area contributed by atoms with Crippen LogP contribution in [0.25, 0.3) is 0 Å². The van der Waals surface area contributed by atoms with E-state index in [1.54, 1.807) is 18.3 Å². The summed E-state index contributed by atoms with van der Waals surface area (Å²) in [6.07, 6.45) is 1.62. The van der Waals surface area contributed by atoms with Crippen LogP contribution in [0.15, 0.2) is 30.5 Å². The summed E-state index contributed by atoms with van der Waals surface area (Å²) >= 11 is 0. The molecule has 3 rings (SSSR count). The Morgan fingerprint density at radius 2 is 2.00 bits per heavy atom. The maximum atomic E-state index is 11.5. The third kappa shape index (κ3) is 3.71. The molecule has 1 aromatic carbocycles. The second kappa shape index (κ2) is 6.97. The third-order valence-corrected chi connectivity index (χ3v) is 4.32. The number of hydrogen-bond acceptors (Lipinski definition) is 6. The van der Waals surface area contributed by atoms with Crippen molar-refractivity contribution in [1.29, 1.82) is 0 Å². The van der Waals surface area contributed by atoms with Crippen LogP contribution in [0.4, 0.5) is 5.95 Å². The molecule has 24 heavy (non-hydrogen) atoms. The monoisotopic (exact) mass is 326 g/mol. The standard InChI is InChI=1S/C18H22N4O2/c1-13-17(14(2)23)11-19-18(20-13)22-8-6-21(7-9-22)12-15-4-3-5-16(24)10-15/h3-5,10-11,24H,6-9,12H2,1-2H3. The number of benzene rings is 1. The van der Waals surface area contributed by atoms with Gasteiger partial charge in [-0.2, -0.15) is 0 Å². The molecule has 1 aliphatic rings. The zero-order valence-corrected chi connectivity index (χ0v) is 14.1. The molecule has 0 saturated carbocycles. The minimum absolute atomic E-state index is 0.00465. The Labute approximate surface area is 141 Å². The predicted octanol–water partition coefficient (Wildman–Crippen LogP) is 2.02. The van der Waals surface area contributed by atoms with E-state index in [0.29, 0.717) is 17.3 Å². The molecule has 1 aliphatic heterocycles. The molecular weight excluding hydrogens is 304 g/mol. The van der Waals surface area contributed by atoms with Crippen molar-refractivity contribution in [2.45, 2.75) is 20.4 Å².